The summed E-state index contributed by atoms with van der Waals surface area (Å²) >= 11 is 0. The number of epoxide rings is 2. The van der Waals surface area contributed by atoms with Gasteiger partial charge in [-0.1, -0.05) is 111 Å². The van der Waals surface area contributed by atoms with Crippen molar-refractivity contribution >= 4 is 23.9 Å². The molecule has 4 rings (SSSR count). The highest BCUT2D eigenvalue weighted by Gasteiger charge is 2.48. The second-order valence-corrected chi connectivity index (χ2v) is 24.5. The molecule has 0 aromatic rings. The van der Waals surface area contributed by atoms with Gasteiger partial charge in [-0.3, -0.25) is 19.2 Å². The van der Waals surface area contributed by atoms with Gasteiger partial charge < -0.3 is 59.1 Å². The Morgan fingerprint density at radius 3 is 1.41 bits per heavy atom. The molecule has 0 radical (unpaired) electrons. The monoisotopic (exact) mass is 1130 g/mol. The molecular formula is C64H104O16. The lowest BCUT2D eigenvalue weighted by atomic mass is 9.87. The standard InChI is InChI=1S/C31H50O8.C21H32O5.C12H22O3/c1-9-24(33)22(5)29-25(38-29)18-30(7,35)15-10-11-20(3)28-21(4)12-13-26(37-23(6)32)31(8,36)16-14-19(2)17-27(34)39-28;1-7-8-15(3)20-16(4)9-10-18(25-17(5)22)21(6,24)12-11-14(2)13-19(23)26-20;1-5-9(13)8(3)11-10(15-11)7-12(4,14)6-2/h10-13,15,19,21-22,24-26,28-29,33,35-36H,9,14,16-18H2,1-8H3;7-10,14,16,18,20,24H,1,11-13H2,2-6H3;6,8-11,13-14H,2,5,7H2,1,3-4H3/b13-12+,15-10+,20-11+;10-9+,15-8+;/t19-,21+,22-,24+,25-,26+,28-,29-,30+,31-;14-,16+,18+,20-,21-;8-,9+,10-,11-,12+/m111/s1. The fourth-order valence-corrected chi connectivity index (χ4v) is 10.1. The summed E-state index contributed by atoms with van der Waals surface area (Å²) in [5.41, 5.74) is -2.79. The van der Waals surface area contributed by atoms with E-state index >= 15 is 0 Å². The van der Waals surface area contributed by atoms with E-state index in [2.05, 4.69) is 13.2 Å². The van der Waals surface area contributed by atoms with Crippen molar-refractivity contribution < 1.29 is 78.2 Å². The second kappa shape index (κ2) is 32.5. The number of hydrogen-bond acceptors (Lipinski definition) is 16. The number of esters is 4. The van der Waals surface area contributed by atoms with E-state index in [4.69, 9.17) is 28.4 Å². The van der Waals surface area contributed by atoms with Gasteiger partial charge in [-0.2, -0.15) is 0 Å². The van der Waals surface area contributed by atoms with Gasteiger partial charge in [0.2, 0.25) is 0 Å². The van der Waals surface area contributed by atoms with Crippen LogP contribution in [-0.4, -0.2) is 138 Å². The Kier molecular flexibility index (Phi) is 29.2. The Bertz CT molecular complexity index is 2150. The van der Waals surface area contributed by atoms with Crippen LogP contribution in [0.25, 0.3) is 0 Å². The molecule has 0 aromatic carbocycles. The average Bonchev–Trinajstić information content (AvgIpc) is 4.31. The van der Waals surface area contributed by atoms with Crippen molar-refractivity contribution in [1.29, 1.82) is 0 Å². The van der Waals surface area contributed by atoms with Gasteiger partial charge >= 0.3 is 23.9 Å². The molecule has 2 saturated heterocycles. The number of cyclic esters (lactones) is 2. The van der Waals surface area contributed by atoms with Crippen LogP contribution in [0.5, 0.6) is 0 Å². The van der Waals surface area contributed by atoms with Crippen LogP contribution in [0.4, 0.5) is 0 Å². The summed E-state index contributed by atoms with van der Waals surface area (Å²) in [4.78, 5) is 48.2. The molecule has 80 heavy (non-hydrogen) atoms. The van der Waals surface area contributed by atoms with E-state index in [0.717, 1.165) is 17.6 Å². The van der Waals surface area contributed by atoms with Crippen molar-refractivity contribution in [2.45, 2.75) is 258 Å². The van der Waals surface area contributed by atoms with E-state index in [-0.39, 0.29) is 90.8 Å². The average molecular weight is 1130 g/mol. The lowest BCUT2D eigenvalue weighted by Gasteiger charge is -2.32. The Morgan fingerprint density at radius 1 is 0.688 bits per heavy atom. The number of allylic oxidation sites excluding steroid dienone is 4. The van der Waals surface area contributed by atoms with Crippen molar-refractivity contribution in [3.63, 3.8) is 0 Å². The van der Waals surface area contributed by atoms with Crippen molar-refractivity contribution in [2.24, 2.45) is 35.5 Å². The maximum absolute atomic E-state index is 12.8. The maximum Gasteiger partial charge on any atom is 0.306 e. The molecule has 6 N–H and O–H groups in total. The number of aliphatic hydroxyl groups excluding tert-OH is 2. The SMILES string of the molecule is C=C/C=C(\C)[C@H]1OC(=O)C[C@H](C)CC[C@@](C)(O)[C@@H](OC(C)=O)/C=C/[C@@H]1C.C=C[C@](C)(O)C[C@H]1O[C@@H]1[C@H](C)[C@@H](O)CC.CC[C@H](O)[C@@H](C)[C@H]1O[C@@H]1C[C@@](C)(O)/C=C/C=C(\C)[C@H]1OC(=O)C[C@H](C)CC[C@@](C)(O)[C@@H](OC(C)=O)/C=C/[C@@H]1C. The van der Waals surface area contributed by atoms with Crippen LogP contribution in [0.3, 0.4) is 0 Å². The molecule has 0 unspecified atom stereocenters. The lowest BCUT2D eigenvalue weighted by Crippen LogP contribution is -2.41. The molecule has 0 saturated carbocycles. The summed E-state index contributed by atoms with van der Waals surface area (Å²) in [5, 5.41) is 62.3. The number of ether oxygens (including phenoxy) is 6. The van der Waals surface area contributed by atoms with Gasteiger partial charge in [0.1, 0.15) is 35.6 Å². The Hall–Kier alpha value is -4.26. The van der Waals surface area contributed by atoms with E-state index in [9.17, 15) is 49.8 Å². The molecule has 4 aliphatic heterocycles. The number of aliphatic hydroxyl groups is 6. The first-order valence-corrected chi connectivity index (χ1v) is 29.0. The van der Waals surface area contributed by atoms with E-state index < -0.39 is 64.9 Å². The highest BCUT2D eigenvalue weighted by atomic mass is 16.6. The summed E-state index contributed by atoms with van der Waals surface area (Å²) < 4.78 is 33.6. The van der Waals surface area contributed by atoms with Crippen LogP contribution in [0.15, 0.2) is 85.1 Å². The zero-order valence-electron chi connectivity index (χ0n) is 51.3. The second-order valence-electron chi connectivity index (χ2n) is 24.5. The topological polar surface area (TPSA) is 252 Å². The first-order valence-electron chi connectivity index (χ1n) is 29.0. The molecular weight excluding hydrogens is 1020 g/mol. The molecule has 0 aromatic heterocycles. The minimum atomic E-state index is -1.27. The molecule has 16 heteroatoms. The third-order valence-electron chi connectivity index (χ3n) is 15.9. The zero-order valence-corrected chi connectivity index (χ0v) is 51.3. The van der Waals surface area contributed by atoms with Crippen LogP contribution in [0.1, 0.15) is 175 Å². The predicted octanol–water partition coefficient (Wildman–Crippen LogP) is 9.62. The first kappa shape index (κ1) is 71.8. The smallest absolute Gasteiger partial charge is 0.306 e. The van der Waals surface area contributed by atoms with Crippen molar-refractivity contribution in [1.82, 2.24) is 0 Å². The lowest BCUT2D eigenvalue weighted by molar-refractivity contribution is -0.157. The van der Waals surface area contributed by atoms with Gasteiger partial charge in [-0.05, 0) is 115 Å². The molecule has 0 spiro atoms. The van der Waals surface area contributed by atoms with Crippen molar-refractivity contribution in [3.05, 3.63) is 85.1 Å². The van der Waals surface area contributed by atoms with Gasteiger partial charge in [0.05, 0.1) is 47.8 Å². The summed E-state index contributed by atoms with van der Waals surface area (Å²) in [6.45, 7) is 36.0. The molecule has 0 aliphatic carbocycles. The molecule has 2 fully saturated rings. The van der Waals surface area contributed by atoms with E-state index in [0.29, 0.717) is 44.9 Å². The third-order valence-corrected chi connectivity index (χ3v) is 15.9. The quantitative estimate of drug-likeness (QED) is 0.0246. The van der Waals surface area contributed by atoms with Gasteiger partial charge in [-0.15, -0.1) is 6.58 Å². The normalized spacial score (nSPS) is 35.5. The largest absolute Gasteiger partial charge is 0.457 e. The third kappa shape index (κ3) is 25.1. The summed E-state index contributed by atoms with van der Waals surface area (Å²) in [6, 6.07) is 0. The first-order chi connectivity index (χ1) is 37.0. The van der Waals surface area contributed by atoms with Crippen molar-refractivity contribution in [2.75, 3.05) is 0 Å². The fourth-order valence-electron chi connectivity index (χ4n) is 10.1. The van der Waals surface area contributed by atoms with Crippen LogP contribution >= 0.6 is 0 Å². The van der Waals surface area contributed by atoms with E-state index in [1.54, 1.807) is 64.2 Å². The molecule has 0 bridgehead atoms. The van der Waals surface area contributed by atoms with Gasteiger partial charge in [0, 0.05) is 63.2 Å². The highest BCUT2D eigenvalue weighted by molar-refractivity contribution is 5.71. The molecule has 4 aliphatic rings. The summed E-state index contributed by atoms with van der Waals surface area (Å²) in [7, 11) is 0. The van der Waals surface area contributed by atoms with Gasteiger partial charge in [0.15, 0.2) is 0 Å². The minimum Gasteiger partial charge on any atom is -0.457 e. The number of carbonyl (C=O) groups excluding carboxylic acids is 4. The zero-order chi connectivity index (χ0) is 61.1. The Morgan fingerprint density at radius 2 is 1.06 bits per heavy atom. The van der Waals surface area contributed by atoms with Gasteiger partial charge in [0.25, 0.3) is 0 Å². The van der Waals surface area contributed by atoms with Gasteiger partial charge in [-0.25, -0.2) is 0 Å². The Balaban J connectivity index is 0.000000456. The molecule has 456 valence electrons. The number of carbonyl (C=O) groups is 4. The van der Waals surface area contributed by atoms with Crippen molar-refractivity contribution in [3.8, 4) is 0 Å². The summed E-state index contributed by atoms with van der Waals surface area (Å²) in [6.07, 6.45) is 18.8. The Labute approximate surface area is 479 Å². The molecule has 16 nitrogen and oxygen atoms in total. The van der Waals surface area contributed by atoms with Crippen LogP contribution in [0, 0.1) is 35.5 Å². The summed E-state index contributed by atoms with van der Waals surface area (Å²) in [5.74, 6) is -1.73. The maximum atomic E-state index is 12.8. The number of hydrogen-bond donors (Lipinski definition) is 6. The van der Waals surface area contributed by atoms with Crippen LogP contribution < -0.4 is 0 Å². The predicted molar refractivity (Wildman–Crippen MR) is 311 cm³/mol. The highest BCUT2D eigenvalue weighted by Crippen LogP contribution is 2.39. The minimum absolute atomic E-state index is 0.0131. The molecule has 20 atom stereocenters. The van der Waals surface area contributed by atoms with Crippen LogP contribution in [0.2, 0.25) is 0 Å². The van der Waals surface area contributed by atoms with Crippen LogP contribution in [-0.2, 0) is 47.6 Å². The van der Waals surface area contributed by atoms with E-state index in [1.165, 1.54) is 19.9 Å². The molecule has 0 amide bonds. The van der Waals surface area contributed by atoms with E-state index in [1.807, 2.05) is 87.5 Å². The fraction of sp³-hybridized carbons (Fsp3) is 0.719. The molecule has 4 heterocycles. The number of rotatable bonds is 18.